The Balaban J connectivity index is 1.54. The first-order valence-electron chi connectivity index (χ1n) is 10.6. The molecule has 170 valence electrons. The Bertz CT molecular complexity index is 1400. The number of hydrogen-bond acceptors (Lipinski definition) is 7. The van der Waals surface area contributed by atoms with Crippen LogP contribution in [0.3, 0.4) is 0 Å². The van der Waals surface area contributed by atoms with Crippen molar-refractivity contribution >= 4 is 50.0 Å². The number of fused-ring (bicyclic) bond motifs is 2. The van der Waals surface area contributed by atoms with E-state index in [4.69, 9.17) is 9.47 Å². The molecule has 34 heavy (non-hydrogen) atoms. The van der Waals surface area contributed by atoms with Gasteiger partial charge in [0.15, 0.2) is 16.6 Å². The summed E-state index contributed by atoms with van der Waals surface area (Å²) in [4.78, 5) is 30.7. The molecule has 0 fully saturated rings. The van der Waals surface area contributed by atoms with E-state index in [1.807, 2.05) is 48.5 Å². The number of carbonyl (C=O) groups excluding carboxylic acids is 1. The molecule has 0 radical (unpaired) electrons. The Morgan fingerprint density at radius 1 is 1.15 bits per heavy atom. The number of para-hydroxylation sites is 1. The van der Waals surface area contributed by atoms with E-state index in [1.165, 1.54) is 40.5 Å². The van der Waals surface area contributed by atoms with Crippen LogP contribution in [0.1, 0.15) is 18.1 Å². The first-order valence-corrected chi connectivity index (χ1v) is 11.4. The van der Waals surface area contributed by atoms with Crippen LogP contribution in [0, 0.1) is 10.1 Å². The highest BCUT2D eigenvalue weighted by Crippen LogP contribution is 2.39. The number of hydrogen-bond donors (Lipinski definition) is 0. The number of nitrogens with zero attached hydrogens (tertiary/aromatic N) is 3. The molecule has 1 aliphatic heterocycles. The summed E-state index contributed by atoms with van der Waals surface area (Å²) in [7, 11) is 0. The second-order valence-electron chi connectivity index (χ2n) is 7.51. The van der Waals surface area contributed by atoms with Crippen molar-refractivity contribution in [3.63, 3.8) is 0 Å². The molecule has 0 saturated carbocycles. The van der Waals surface area contributed by atoms with E-state index in [-0.39, 0.29) is 24.0 Å². The van der Waals surface area contributed by atoms with E-state index < -0.39 is 4.92 Å². The van der Waals surface area contributed by atoms with Crippen LogP contribution < -0.4 is 14.4 Å². The lowest BCUT2D eigenvalue weighted by molar-refractivity contribution is -0.385. The number of amides is 1. The van der Waals surface area contributed by atoms with Crippen LogP contribution in [0.5, 0.6) is 11.5 Å². The van der Waals surface area contributed by atoms with Crippen LogP contribution in [0.4, 0.5) is 16.5 Å². The van der Waals surface area contributed by atoms with E-state index >= 15 is 0 Å². The minimum atomic E-state index is -0.513. The number of aromatic nitrogens is 1. The second kappa shape index (κ2) is 8.95. The van der Waals surface area contributed by atoms with Gasteiger partial charge < -0.3 is 9.47 Å². The van der Waals surface area contributed by atoms with Crippen molar-refractivity contribution in [3.05, 3.63) is 88.0 Å². The zero-order valence-corrected chi connectivity index (χ0v) is 19.0. The molecule has 5 rings (SSSR count). The first kappa shape index (κ1) is 21.6. The monoisotopic (exact) mass is 473 g/mol. The van der Waals surface area contributed by atoms with Gasteiger partial charge in [-0.05, 0) is 48.4 Å². The van der Waals surface area contributed by atoms with Crippen LogP contribution in [-0.4, -0.2) is 22.6 Å². The minimum Gasteiger partial charge on any atom is -0.454 e. The van der Waals surface area contributed by atoms with Gasteiger partial charge >= 0.3 is 0 Å². The van der Waals surface area contributed by atoms with E-state index in [2.05, 4.69) is 11.9 Å². The molecular weight excluding hydrogens is 454 g/mol. The highest BCUT2D eigenvalue weighted by Gasteiger charge is 2.24. The lowest BCUT2D eigenvalue weighted by Crippen LogP contribution is -2.23. The van der Waals surface area contributed by atoms with Crippen molar-refractivity contribution in [3.8, 4) is 11.5 Å². The molecule has 2 heterocycles. The number of thiazole rings is 1. The molecule has 3 aromatic carbocycles. The summed E-state index contributed by atoms with van der Waals surface area (Å²) in [5, 5.41) is 12.1. The van der Waals surface area contributed by atoms with Crippen molar-refractivity contribution in [1.29, 1.82) is 0 Å². The van der Waals surface area contributed by atoms with Crippen LogP contribution >= 0.6 is 11.3 Å². The third kappa shape index (κ3) is 4.08. The molecule has 8 nitrogen and oxygen atoms in total. The number of anilines is 2. The number of nitro groups is 1. The molecule has 0 N–H and O–H groups in total. The Hall–Kier alpha value is -4.24. The summed E-state index contributed by atoms with van der Waals surface area (Å²) in [6, 6.07) is 18.2. The lowest BCUT2D eigenvalue weighted by atomic mass is 10.1. The maximum absolute atomic E-state index is 13.4. The average Bonchev–Trinajstić information content (AvgIpc) is 3.49. The van der Waals surface area contributed by atoms with Gasteiger partial charge in [-0.3, -0.25) is 19.8 Å². The van der Waals surface area contributed by atoms with Gasteiger partial charge in [0.25, 0.3) is 11.6 Å². The number of rotatable bonds is 6. The van der Waals surface area contributed by atoms with Gasteiger partial charge in [0.1, 0.15) is 0 Å². The fraction of sp³-hybridized carbons (Fsp3) is 0.120. The number of carbonyl (C=O) groups is 1. The second-order valence-corrected chi connectivity index (χ2v) is 8.52. The Morgan fingerprint density at radius 2 is 1.88 bits per heavy atom. The molecule has 1 amide bonds. The third-order valence-corrected chi connectivity index (χ3v) is 6.44. The molecule has 0 spiro atoms. The number of ether oxygens (including phenoxy) is 2. The fourth-order valence-corrected chi connectivity index (χ4v) is 4.63. The highest BCUT2D eigenvalue weighted by molar-refractivity contribution is 7.22. The van der Waals surface area contributed by atoms with Gasteiger partial charge in [0.2, 0.25) is 6.79 Å². The molecule has 1 aliphatic rings. The molecule has 0 atom stereocenters. The molecule has 0 unspecified atom stereocenters. The van der Waals surface area contributed by atoms with Gasteiger partial charge in [0.05, 0.1) is 32.5 Å². The van der Waals surface area contributed by atoms with Gasteiger partial charge in [-0.15, -0.1) is 0 Å². The van der Waals surface area contributed by atoms with Crippen LogP contribution in [-0.2, 0) is 11.2 Å². The van der Waals surface area contributed by atoms with Crippen molar-refractivity contribution < 1.29 is 19.2 Å². The minimum absolute atomic E-state index is 0.00226. The van der Waals surface area contributed by atoms with Crippen LogP contribution in [0.2, 0.25) is 0 Å². The molecule has 9 heteroatoms. The molecule has 0 saturated heterocycles. The first-order chi connectivity index (χ1) is 16.5. The summed E-state index contributed by atoms with van der Waals surface area (Å²) in [5.41, 5.74) is 2.67. The highest BCUT2D eigenvalue weighted by atomic mass is 32.1. The summed E-state index contributed by atoms with van der Waals surface area (Å²) >= 11 is 1.40. The number of nitro benzene ring substituents is 1. The van der Waals surface area contributed by atoms with Gasteiger partial charge in [-0.1, -0.05) is 42.5 Å². The predicted octanol–water partition coefficient (Wildman–Crippen LogP) is 5.87. The van der Waals surface area contributed by atoms with Crippen molar-refractivity contribution in [2.75, 3.05) is 11.7 Å². The quantitative estimate of drug-likeness (QED) is 0.197. The number of aryl methyl sites for hydroxylation is 1. The van der Waals surface area contributed by atoms with Crippen molar-refractivity contribution in [1.82, 2.24) is 4.98 Å². The lowest BCUT2D eigenvalue weighted by Gasteiger charge is -2.18. The van der Waals surface area contributed by atoms with E-state index in [0.29, 0.717) is 22.3 Å². The Morgan fingerprint density at radius 3 is 2.59 bits per heavy atom. The van der Waals surface area contributed by atoms with Crippen LogP contribution in [0.15, 0.2) is 66.7 Å². The maximum atomic E-state index is 13.4. The Labute approximate surface area is 198 Å². The fourth-order valence-electron chi connectivity index (χ4n) is 3.64. The molecule has 1 aromatic heterocycles. The molecular formula is C25H19N3O5S. The van der Waals surface area contributed by atoms with Crippen molar-refractivity contribution in [2.45, 2.75) is 13.3 Å². The normalized spacial score (nSPS) is 12.4. The summed E-state index contributed by atoms with van der Waals surface area (Å²) in [6.07, 6.45) is 3.61. The van der Waals surface area contributed by atoms with E-state index in [0.717, 1.165) is 22.2 Å². The summed E-state index contributed by atoms with van der Waals surface area (Å²) in [5.74, 6) is 0.327. The Kier molecular flexibility index (Phi) is 5.69. The summed E-state index contributed by atoms with van der Waals surface area (Å²) in [6.45, 7) is 2.06. The van der Waals surface area contributed by atoms with Gasteiger partial charge in [-0.2, -0.15) is 0 Å². The molecule has 4 aromatic rings. The summed E-state index contributed by atoms with van der Waals surface area (Å²) < 4.78 is 11.5. The van der Waals surface area contributed by atoms with Gasteiger partial charge in [-0.25, -0.2) is 4.98 Å². The average molecular weight is 474 g/mol. The maximum Gasteiger partial charge on any atom is 0.280 e. The number of benzene rings is 3. The third-order valence-electron chi connectivity index (χ3n) is 5.42. The standard InChI is InChI=1S/C25H19N3O5S/c1-2-16-7-10-18(11-8-16)27(25-26-19-5-3-4-6-23(19)34-25)24(29)12-9-17-13-21-22(33-15-32-21)14-20(17)28(30)31/h3-14H,2,15H2,1H3/b12-9+. The smallest absolute Gasteiger partial charge is 0.280 e. The predicted molar refractivity (Wildman–Crippen MR) is 131 cm³/mol. The van der Waals surface area contributed by atoms with Crippen LogP contribution in [0.25, 0.3) is 16.3 Å². The molecule has 0 bridgehead atoms. The van der Waals surface area contributed by atoms with E-state index in [9.17, 15) is 14.9 Å². The van der Waals surface area contributed by atoms with Crippen molar-refractivity contribution in [2.24, 2.45) is 0 Å². The zero-order chi connectivity index (χ0) is 23.7. The largest absolute Gasteiger partial charge is 0.454 e. The SMILES string of the molecule is CCc1ccc(N(C(=O)/C=C/c2cc3c(cc2[N+](=O)[O-])OCO3)c2nc3ccccc3s2)cc1. The topological polar surface area (TPSA) is 94.8 Å². The van der Waals surface area contributed by atoms with Gasteiger partial charge in [0, 0.05) is 6.08 Å². The molecule has 0 aliphatic carbocycles. The van der Waals surface area contributed by atoms with E-state index in [1.54, 1.807) is 0 Å². The zero-order valence-electron chi connectivity index (χ0n) is 18.1.